The van der Waals surface area contributed by atoms with Gasteiger partial charge in [-0.1, -0.05) is 23.7 Å². The van der Waals surface area contributed by atoms with Crippen molar-refractivity contribution in [1.82, 2.24) is 0 Å². The molecule has 140 valence electrons. The average Bonchev–Trinajstić information content (AvgIpc) is 3.17. The third kappa shape index (κ3) is 2.61. The van der Waals surface area contributed by atoms with Gasteiger partial charge in [-0.25, -0.2) is 0 Å². The standard InChI is InChI=1S/C21H15ClN2O4/c22-12-5-7-17(25)15(9-12)20-23-16-4-2-1-3-14(16)21(26)24(20)13-6-8-18-19(10-13)28-11-27-18/h1-10,20,23,25H,11H2/t20-/m1/s1. The van der Waals surface area contributed by atoms with Crippen LogP contribution in [0.1, 0.15) is 22.1 Å². The molecule has 0 saturated carbocycles. The molecule has 1 atom stereocenters. The van der Waals surface area contributed by atoms with Crippen LogP contribution < -0.4 is 19.7 Å². The molecule has 2 aliphatic rings. The van der Waals surface area contributed by atoms with Crippen LogP contribution in [0.4, 0.5) is 11.4 Å². The van der Waals surface area contributed by atoms with Gasteiger partial charge in [0, 0.05) is 22.3 Å². The molecule has 0 radical (unpaired) electrons. The Morgan fingerprint density at radius 3 is 2.75 bits per heavy atom. The van der Waals surface area contributed by atoms with Crippen LogP contribution in [-0.4, -0.2) is 17.8 Å². The second-order valence-electron chi connectivity index (χ2n) is 6.51. The number of phenols is 1. The van der Waals surface area contributed by atoms with E-state index in [1.165, 1.54) is 6.07 Å². The summed E-state index contributed by atoms with van der Waals surface area (Å²) in [6.07, 6.45) is -0.651. The number of nitrogens with one attached hydrogen (secondary N) is 1. The largest absolute Gasteiger partial charge is 0.508 e. The zero-order valence-electron chi connectivity index (χ0n) is 14.6. The van der Waals surface area contributed by atoms with Gasteiger partial charge in [0.1, 0.15) is 11.9 Å². The number of carbonyl (C=O) groups is 1. The van der Waals surface area contributed by atoms with Gasteiger partial charge in [-0.15, -0.1) is 0 Å². The summed E-state index contributed by atoms with van der Waals surface area (Å²) in [6, 6.07) is 17.3. The van der Waals surface area contributed by atoms with Crippen LogP contribution in [0, 0.1) is 0 Å². The van der Waals surface area contributed by atoms with E-state index in [1.807, 2.05) is 18.2 Å². The van der Waals surface area contributed by atoms with Crippen molar-refractivity contribution in [1.29, 1.82) is 0 Å². The Balaban J connectivity index is 1.68. The summed E-state index contributed by atoms with van der Waals surface area (Å²) >= 11 is 6.16. The number of amides is 1. The second kappa shape index (κ2) is 6.35. The number of hydrogen-bond acceptors (Lipinski definition) is 5. The van der Waals surface area contributed by atoms with Crippen LogP contribution in [0.2, 0.25) is 5.02 Å². The van der Waals surface area contributed by atoms with Crippen LogP contribution >= 0.6 is 11.6 Å². The van der Waals surface area contributed by atoms with E-state index in [0.29, 0.717) is 39.0 Å². The van der Waals surface area contributed by atoms with Gasteiger partial charge >= 0.3 is 0 Å². The monoisotopic (exact) mass is 394 g/mol. The molecule has 7 heteroatoms. The molecule has 0 spiro atoms. The lowest BCUT2D eigenvalue weighted by molar-refractivity contribution is 0.0974. The Morgan fingerprint density at radius 1 is 1.04 bits per heavy atom. The van der Waals surface area contributed by atoms with Gasteiger partial charge in [-0.05, 0) is 42.5 Å². The van der Waals surface area contributed by atoms with Gasteiger partial charge < -0.3 is 19.9 Å². The third-order valence-electron chi connectivity index (χ3n) is 4.85. The number of anilines is 2. The summed E-state index contributed by atoms with van der Waals surface area (Å²) in [5, 5.41) is 14.3. The lowest BCUT2D eigenvalue weighted by Crippen LogP contribution is -2.43. The smallest absolute Gasteiger partial charge is 0.262 e. The minimum absolute atomic E-state index is 0.0415. The molecule has 28 heavy (non-hydrogen) atoms. The van der Waals surface area contributed by atoms with Crippen molar-refractivity contribution in [3.05, 3.63) is 76.8 Å². The van der Waals surface area contributed by atoms with Crippen LogP contribution in [0.3, 0.4) is 0 Å². The molecule has 3 aromatic carbocycles. The van der Waals surface area contributed by atoms with Gasteiger partial charge in [0.15, 0.2) is 11.5 Å². The molecule has 6 nitrogen and oxygen atoms in total. The Kier molecular flexibility index (Phi) is 3.80. The van der Waals surface area contributed by atoms with Gasteiger partial charge in [0.05, 0.1) is 11.3 Å². The average molecular weight is 395 g/mol. The van der Waals surface area contributed by atoms with E-state index in [1.54, 1.807) is 41.3 Å². The highest BCUT2D eigenvalue weighted by Gasteiger charge is 2.36. The maximum atomic E-state index is 13.4. The maximum Gasteiger partial charge on any atom is 0.262 e. The van der Waals surface area contributed by atoms with Crippen molar-refractivity contribution in [2.24, 2.45) is 0 Å². The van der Waals surface area contributed by atoms with Crippen LogP contribution in [-0.2, 0) is 0 Å². The normalized spacial score (nSPS) is 17.2. The number of aromatic hydroxyl groups is 1. The fraction of sp³-hybridized carbons (Fsp3) is 0.0952. The summed E-state index contributed by atoms with van der Waals surface area (Å²) in [5.41, 5.74) is 2.33. The van der Waals surface area contributed by atoms with E-state index in [9.17, 15) is 9.90 Å². The van der Waals surface area contributed by atoms with Crippen molar-refractivity contribution in [3.8, 4) is 17.2 Å². The summed E-state index contributed by atoms with van der Waals surface area (Å²) in [5.74, 6) is 1.04. The first-order valence-corrected chi connectivity index (χ1v) is 9.07. The van der Waals surface area contributed by atoms with E-state index < -0.39 is 6.17 Å². The molecule has 0 aliphatic carbocycles. The van der Waals surface area contributed by atoms with Gasteiger partial charge in [-0.3, -0.25) is 9.69 Å². The highest BCUT2D eigenvalue weighted by atomic mass is 35.5. The van der Waals surface area contributed by atoms with Crippen LogP contribution in [0.25, 0.3) is 0 Å². The maximum absolute atomic E-state index is 13.4. The number of rotatable bonds is 2. The zero-order chi connectivity index (χ0) is 19.3. The molecule has 0 aromatic heterocycles. The molecular weight excluding hydrogens is 380 g/mol. The number of fused-ring (bicyclic) bond motifs is 2. The molecule has 1 amide bonds. The van der Waals surface area contributed by atoms with E-state index in [2.05, 4.69) is 5.32 Å². The molecule has 2 N–H and O–H groups in total. The van der Waals surface area contributed by atoms with Crippen molar-refractivity contribution >= 4 is 28.9 Å². The van der Waals surface area contributed by atoms with E-state index in [-0.39, 0.29) is 18.4 Å². The predicted octanol–water partition coefficient (Wildman–Crippen LogP) is 4.55. The number of phenolic OH excluding ortho intramolecular Hbond substituents is 1. The molecule has 0 saturated heterocycles. The number of para-hydroxylation sites is 1. The first-order valence-electron chi connectivity index (χ1n) is 8.69. The van der Waals surface area contributed by atoms with Crippen LogP contribution in [0.5, 0.6) is 17.2 Å². The van der Waals surface area contributed by atoms with E-state index in [0.717, 1.165) is 0 Å². The Bertz CT molecular complexity index is 1100. The fourth-order valence-corrected chi connectivity index (χ4v) is 3.70. The molecule has 0 fully saturated rings. The Labute approximate surface area is 165 Å². The zero-order valence-corrected chi connectivity index (χ0v) is 15.3. The molecule has 0 bridgehead atoms. The second-order valence-corrected chi connectivity index (χ2v) is 6.94. The fourth-order valence-electron chi connectivity index (χ4n) is 3.52. The van der Waals surface area contributed by atoms with Crippen molar-refractivity contribution in [2.45, 2.75) is 6.17 Å². The highest BCUT2D eigenvalue weighted by Crippen LogP contribution is 2.43. The predicted molar refractivity (Wildman–Crippen MR) is 105 cm³/mol. The van der Waals surface area contributed by atoms with Crippen molar-refractivity contribution < 1.29 is 19.4 Å². The third-order valence-corrected chi connectivity index (χ3v) is 5.08. The minimum atomic E-state index is -0.651. The topological polar surface area (TPSA) is 71.0 Å². The number of ether oxygens (including phenoxy) is 2. The number of hydrogen-bond donors (Lipinski definition) is 2. The summed E-state index contributed by atoms with van der Waals surface area (Å²) < 4.78 is 10.8. The summed E-state index contributed by atoms with van der Waals surface area (Å²) in [7, 11) is 0. The van der Waals surface area contributed by atoms with Crippen molar-refractivity contribution in [3.63, 3.8) is 0 Å². The lowest BCUT2D eigenvalue weighted by Gasteiger charge is -2.38. The molecule has 5 rings (SSSR count). The SMILES string of the molecule is O=C1c2ccccc2N[C@@H](c2cc(Cl)ccc2O)N1c1ccc2c(c1)OCO2. The number of benzene rings is 3. The number of halogens is 1. The van der Waals surface area contributed by atoms with Crippen molar-refractivity contribution in [2.75, 3.05) is 17.0 Å². The first kappa shape index (κ1) is 16.8. The molecular formula is C21H15ClN2O4. The first-order chi connectivity index (χ1) is 13.6. The Hall–Kier alpha value is -3.38. The Morgan fingerprint density at radius 2 is 1.86 bits per heavy atom. The lowest BCUT2D eigenvalue weighted by atomic mass is 10.0. The van der Waals surface area contributed by atoms with E-state index in [4.69, 9.17) is 21.1 Å². The molecule has 2 heterocycles. The summed E-state index contributed by atoms with van der Waals surface area (Å²) in [4.78, 5) is 15.0. The minimum Gasteiger partial charge on any atom is -0.508 e. The number of nitrogens with zero attached hydrogens (tertiary/aromatic N) is 1. The molecule has 0 unspecified atom stereocenters. The van der Waals surface area contributed by atoms with Gasteiger partial charge in [-0.2, -0.15) is 0 Å². The van der Waals surface area contributed by atoms with Gasteiger partial charge in [0.25, 0.3) is 5.91 Å². The number of carbonyl (C=O) groups excluding carboxylic acids is 1. The quantitative estimate of drug-likeness (QED) is 0.667. The van der Waals surface area contributed by atoms with E-state index >= 15 is 0 Å². The summed E-state index contributed by atoms with van der Waals surface area (Å²) in [6.45, 7) is 0.145. The van der Waals surface area contributed by atoms with Crippen LogP contribution in [0.15, 0.2) is 60.7 Å². The van der Waals surface area contributed by atoms with Gasteiger partial charge in [0.2, 0.25) is 6.79 Å². The molecule has 2 aliphatic heterocycles. The highest BCUT2D eigenvalue weighted by molar-refractivity contribution is 6.30. The molecule has 3 aromatic rings.